The first-order chi connectivity index (χ1) is 11.4. The first-order valence-electron chi connectivity index (χ1n) is 7.11. The number of sulfone groups is 1. The average molecular weight is 369 g/mol. The van der Waals surface area contributed by atoms with Crippen LogP contribution in [-0.2, 0) is 14.6 Å². The lowest BCUT2D eigenvalue weighted by Gasteiger charge is -2.33. The number of anilines is 1. The number of benzene rings is 1. The van der Waals surface area contributed by atoms with E-state index in [2.05, 4.69) is 4.98 Å². The maximum Gasteiger partial charge on any atom is 0.311 e. The fourth-order valence-electron chi connectivity index (χ4n) is 2.66. The summed E-state index contributed by atoms with van der Waals surface area (Å²) in [4.78, 5) is 16.6. The van der Waals surface area contributed by atoms with E-state index in [9.17, 15) is 18.5 Å². The molecule has 1 fully saturated rings. The quantitative estimate of drug-likeness (QED) is 0.600. The zero-order valence-electron chi connectivity index (χ0n) is 12.8. The van der Waals surface area contributed by atoms with Gasteiger partial charge in [-0.2, -0.15) is 0 Å². The maximum absolute atomic E-state index is 11.9. The maximum atomic E-state index is 11.9. The molecule has 1 aromatic carbocycles. The van der Waals surface area contributed by atoms with Gasteiger partial charge in [0.15, 0.2) is 9.84 Å². The first kappa shape index (κ1) is 16.8. The van der Waals surface area contributed by atoms with Crippen LogP contribution in [0.25, 0.3) is 0 Å². The number of nitro benzene ring substituents is 1. The van der Waals surface area contributed by atoms with E-state index >= 15 is 0 Å². The third-order valence-corrected chi connectivity index (χ3v) is 5.69. The van der Waals surface area contributed by atoms with Crippen LogP contribution >= 0.6 is 11.3 Å². The fraction of sp³-hybridized carbons (Fsp3) is 0.357. The fourth-order valence-corrected chi connectivity index (χ4v) is 4.19. The second kappa shape index (κ2) is 6.46. The van der Waals surface area contributed by atoms with E-state index in [1.54, 1.807) is 17.2 Å². The number of nitrogens with zero attached hydrogens (tertiary/aromatic N) is 3. The van der Waals surface area contributed by atoms with Gasteiger partial charge in [0.2, 0.25) is 0 Å². The minimum absolute atomic E-state index is 0.276. The van der Waals surface area contributed by atoms with Crippen LogP contribution in [-0.4, -0.2) is 44.3 Å². The molecule has 2 heterocycles. The summed E-state index contributed by atoms with van der Waals surface area (Å²) in [6, 6.07) is 4.35. The van der Waals surface area contributed by atoms with Gasteiger partial charge in [-0.25, -0.2) is 13.4 Å². The Labute approximate surface area is 142 Å². The van der Waals surface area contributed by atoms with Gasteiger partial charge >= 0.3 is 5.69 Å². The monoisotopic (exact) mass is 369 g/mol. The molecule has 8 nitrogen and oxygen atoms in total. The summed E-state index contributed by atoms with van der Waals surface area (Å²) in [5.41, 5.74) is -0.104. The van der Waals surface area contributed by atoms with E-state index in [4.69, 9.17) is 4.74 Å². The minimum atomic E-state index is -3.71. The van der Waals surface area contributed by atoms with Gasteiger partial charge in [-0.15, -0.1) is 11.3 Å². The van der Waals surface area contributed by atoms with Crippen LogP contribution in [0, 0.1) is 10.1 Å². The first-order valence-corrected chi connectivity index (χ1v) is 9.88. The van der Waals surface area contributed by atoms with Crippen molar-refractivity contribution in [2.45, 2.75) is 11.0 Å². The summed E-state index contributed by atoms with van der Waals surface area (Å²) in [7, 11) is -3.71. The van der Waals surface area contributed by atoms with Crippen molar-refractivity contribution in [1.82, 2.24) is 4.98 Å². The van der Waals surface area contributed by atoms with E-state index < -0.39 is 14.8 Å². The van der Waals surface area contributed by atoms with Crippen molar-refractivity contribution in [3.63, 3.8) is 0 Å². The molecule has 10 heteroatoms. The van der Waals surface area contributed by atoms with Gasteiger partial charge in [-0.3, -0.25) is 10.1 Å². The Bertz CT molecular complexity index is 851. The van der Waals surface area contributed by atoms with E-state index in [1.165, 1.54) is 23.5 Å². The molecule has 24 heavy (non-hydrogen) atoms. The number of ether oxygens (including phenoxy) is 1. The molecule has 0 radical (unpaired) electrons. The number of hydrogen-bond donors (Lipinski definition) is 0. The zero-order chi connectivity index (χ0) is 17.3. The summed E-state index contributed by atoms with van der Waals surface area (Å²) in [5, 5.41) is 14.1. The minimum Gasteiger partial charge on any atom is -0.367 e. The molecular weight excluding hydrogens is 354 g/mol. The second-order valence-electron chi connectivity index (χ2n) is 5.33. The van der Waals surface area contributed by atoms with E-state index in [-0.39, 0.29) is 22.4 Å². The molecule has 3 rings (SSSR count). The predicted octanol–water partition coefficient (Wildman–Crippen LogP) is 2.03. The zero-order valence-corrected chi connectivity index (χ0v) is 14.4. The highest BCUT2D eigenvalue weighted by atomic mass is 32.2. The molecule has 2 aromatic rings. The number of morpholine rings is 1. The van der Waals surface area contributed by atoms with Crippen LogP contribution in [0.5, 0.6) is 0 Å². The predicted molar refractivity (Wildman–Crippen MR) is 89.2 cm³/mol. The topological polar surface area (TPSA) is 103 Å². The summed E-state index contributed by atoms with van der Waals surface area (Å²) < 4.78 is 29.5. The van der Waals surface area contributed by atoms with E-state index in [0.717, 1.165) is 11.3 Å². The molecule has 1 saturated heterocycles. The lowest BCUT2D eigenvalue weighted by Crippen LogP contribution is -2.38. The molecule has 0 bridgehead atoms. The van der Waals surface area contributed by atoms with E-state index in [1.807, 2.05) is 5.38 Å². The van der Waals surface area contributed by atoms with Crippen molar-refractivity contribution >= 4 is 32.5 Å². The Morgan fingerprint density at radius 3 is 2.88 bits per heavy atom. The van der Waals surface area contributed by atoms with Crippen LogP contribution in [0.15, 0.2) is 34.7 Å². The number of nitro groups is 1. The molecule has 0 aliphatic carbocycles. The molecule has 0 spiro atoms. The lowest BCUT2D eigenvalue weighted by molar-refractivity contribution is -0.387. The summed E-state index contributed by atoms with van der Waals surface area (Å²) >= 11 is 1.45. The molecule has 128 valence electrons. The Balaban J connectivity index is 2.01. The Kier molecular flexibility index (Phi) is 4.52. The third-order valence-electron chi connectivity index (χ3n) is 3.69. The van der Waals surface area contributed by atoms with Gasteiger partial charge in [0, 0.05) is 24.4 Å². The van der Waals surface area contributed by atoms with Crippen molar-refractivity contribution in [2.75, 3.05) is 30.9 Å². The van der Waals surface area contributed by atoms with Crippen molar-refractivity contribution in [3.8, 4) is 0 Å². The molecule has 0 amide bonds. The summed E-state index contributed by atoms with van der Waals surface area (Å²) in [6.45, 7) is 1.20. The molecule has 1 unspecified atom stereocenters. The largest absolute Gasteiger partial charge is 0.367 e. The lowest BCUT2D eigenvalue weighted by atomic mass is 10.2. The van der Waals surface area contributed by atoms with Crippen LogP contribution in [0.4, 0.5) is 11.4 Å². The Hall–Kier alpha value is -2.04. The normalized spacial score (nSPS) is 18.5. The average Bonchev–Trinajstić information content (AvgIpc) is 3.08. The van der Waals surface area contributed by atoms with Crippen molar-refractivity contribution < 1.29 is 18.1 Å². The third kappa shape index (κ3) is 3.25. The highest BCUT2D eigenvalue weighted by molar-refractivity contribution is 7.90. The molecule has 0 saturated carbocycles. The Morgan fingerprint density at radius 2 is 2.25 bits per heavy atom. The molecule has 1 aromatic heterocycles. The molecule has 1 atom stereocenters. The highest BCUT2D eigenvalue weighted by Gasteiger charge is 2.32. The smallest absolute Gasteiger partial charge is 0.311 e. The SMILES string of the molecule is CS(=O)(=O)c1cccc(N2CCOC(c3nccs3)C2)c1[N+](=O)[O-]. The second-order valence-corrected chi connectivity index (χ2v) is 8.24. The van der Waals surface area contributed by atoms with Gasteiger partial charge in [-0.05, 0) is 12.1 Å². The van der Waals surface area contributed by atoms with Gasteiger partial charge < -0.3 is 9.64 Å². The van der Waals surface area contributed by atoms with Gasteiger partial charge in [0.1, 0.15) is 21.7 Å². The van der Waals surface area contributed by atoms with Crippen molar-refractivity contribution in [3.05, 3.63) is 44.9 Å². The number of thiazole rings is 1. The van der Waals surface area contributed by atoms with Gasteiger partial charge in [0.25, 0.3) is 0 Å². The summed E-state index contributed by atoms with van der Waals surface area (Å²) in [5.74, 6) is 0. The van der Waals surface area contributed by atoms with Crippen LogP contribution < -0.4 is 4.90 Å². The van der Waals surface area contributed by atoms with Crippen LogP contribution in [0.2, 0.25) is 0 Å². The molecular formula is C14H15N3O5S2. The summed E-state index contributed by atoms with van der Waals surface area (Å²) in [6.07, 6.45) is 2.35. The highest BCUT2D eigenvalue weighted by Crippen LogP contribution is 2.37. The number of rotatable bonds is 4. The number of hydrogen-bond acceptors (Lipinski definition) is 8. The standard InChI is InChI=1S/C14H15N3O5S2/c1-24(20,21)12-4-2-3-10(13(12)17(18)19)16-6-7-22-11(9-16)14-15-5-8-23-14/h2-5,8,11H,6-7,9H2,1H3. The number of aromatic nitrogens is 1. The Morgan fingerprint density at radius 1 is 1.46 bits per heavy atom. The molecule has 0 N–H and O–H groups in total. The van der Waals surface area contributed by atoms with E-state index in [0.29, 0.717) is 19.7 Å². The van der Waals surface area contributed by atoms with Crippen LogP contribution in [0.3, 0.4) is 0 Å². The van der Waals surface area contributed by atoms with Crippen molar-refractivity contribution in [2.24, 2.45) is 0 Å². The van der Waals surface area contributed by atoms with Gasteiger partial charge in [0.05, 0.1) is 18.1 Å². The molecule has 1 aliphatic rings. The number of para-hydroxylation sites is 1. The van der Waals surface area contributed by atoms with Gasteiger partial charge in [-0.1, -0.05) is 6.07 Å². The van der Waals surface area contributed by atoms with Crippen LogP contribution in [0.1, 0.15) is 11.1 Å². The van der Waals surface area contributed by atoms with Crippen molar-refractivity contribution in [1.29, 1.82) is 0 Å². The molecule has 1 aliphatic heterocycles.